The molecule has 0 fully saturated rings. The van der Waals surface area contributed by atoms with Crippen molar-refractivity contribution in [3.63, 3.8) is 0 Å². The van der Waals surface area contributed by atoms with Gasteiger partial charge in [0.15, 0.2) is 5.13 Å². The van der Waals surface area contributed by atoms with Gasteiger partial charge < -0.3 is 5.32 Å². The Labute approximate surface area is 164 Å². The van der Waals surface area contributed by atoms with Crippen LogP contribution < -0.4 is 16.2 Å². The molecule has 2 amide bonds. The van der Waals surface area contributed by atoms with Crippen LogP contribution in [0.15, 0.2) is 60.8 Å². The maximum Gasteiger partial charge on any atom is 0.273 e. The number of nitrogens with one attached hydrogen (secondary N) is 4. The molecule has 9 heteroatoms. The zero-order valence-corrected chi connectivity index (χ0v) is 15.4. The summed E-state index contributed by atoms with van der Waals surface area (Å²) in [6, 6.07) is 17.1. The van der Waals surface area contributed by atoms with Crippen molar-refractivity contribution in [2.45, 2.75) is 0 Å². The summed E-state index contributed by atoms with van der Waals surface area (Å²) < 4.78 is 1.03. The minimum atomic E-state index is -0.457. The molecular formula is C19H16N6O2S. The van der Waals surface area contributed by atoms with Gasteiger partial charge in [0.2, 0.25) is 0 Å². The van der Waals surface area contributed by atoms with Gasteiger partial charge in [0, 0.05) is 5.56 Å². The summed E-state index contributed by atoms with van der Waals surface area (Å²) in [5.74, 6) is -0.849. The van der Waals surface area contributed by atoms with Gasteiger partial charge in [-0.15, -0.1) is 0 Å². The van der Waals surface area contributed by atoms with Gasteiger partial charge in [-0.2, -0.15) is 5.10 Å². The second-order valence-electron chi connectivity index (χ2n) is 5.87. The zero-order chi connectivity index (χ0) is 19.3. The SMILES string of the molecule is O=C(CNc1nc2ccccc2s1)NNC(=O)c1cn[nH]c1-c1ccccc1. The lowest BCUT2D eigenvalue weighted by molar-refractivity contribution is -0.120. The molecule has 4 N–H and O–H groups in total. The lowest BCUT2D eigenvalue weighted by Crippen LogP contribution is -2.44. The van der Waals surface area contributed by atoms with E-state index >= 15 is 0 Å². The average Bonchev–Trinajstić information content (AvgIpc) is 3.38. The maximum absolute atomic E-state index is 12.4. The number of aromatic nitrogens is 3. The normalized spacial score (nSPS) is 10.6. The molecule has 0 spiro atoms. The molecule has 2 aromatic carbocycles. The quantitative estimate of drug-likeness (QED) is 0.390. The van der Waals surface area contributed by atoms with E-state index in [9.17, 15) is 9.59 Å². The minimum absolute atomic E-state index is 0.0168. The van der Waals surface area contributed by atoms with Crippen LogP contribution in [0, 0.1) is 0 Å². The van der Waals surface area contributed by atoms with Crippen molar-refractivity contribution in [1.82, 2.24) is 26.0 Å². The fraction of sp³-hybridized carbons (Fsp3) is 0.0526. The predicted octanol–water partition coefficient (Wildman–Crippen LogP) is 2.56. The molecule has 0 aliphatic rings. The van der Waals surface area contributed by atoms with Crippen molar-refractivity contribution in [3.05, 3.63) is 66.4 Å². The third-order valence-electron chi connectivity index (χ3n) is 3.96. The van der Waals surface area contributed by atoms with Crippen molar-refractivity contribution in [2.24, 2.45) is 0 Å². The van der Waals surface area contributed by atoms with Crippen LogP contribution in [0.5, 0.6) is 0 Å². The number of carbonyl (C=O) groups is 2. The van der Waals surface area contributed by atoms with E-state index in [-0.39, 0.29) is 6.54 Å². The molecule has 140 valence electrons. The number of hydrogen-bond acceptors (Lipinski definition) is 6. The van der Waals surface area contributed by atoms with E-state index in [1.807, 2.05) is 54.6 Å². The highest BCUT2D eigenvalue weighted by Gasteiger charge is 2.15. The number of aromatic amines is 1. The second-order valence-corrected chi connectivity index (χ2v) is 6.90. The van der Waals surface area contributed by atoms with Crippen molar-refractivity contribution < 1.29 is 9.59 Å². The van der Waals surface area contributed by atoms with Crippen molar-refractivity contribution in [2.75, 3.05) is 11.9 Å². The number of para-hydroxylation sites is 1. The van der Waals surface area contributed by atoms with Gasteiger partial charge in [-0.25, -0.2) is 4.98 Å². The number of rotatable bonds is 5. The molecule has 0 radical (unpaired) electrons. The van der Waals surface area contributed by atoms with Crippen LogP contribution in [0.4, 0.5) is 5.13 Å². The third kappa shape index (κ3) is 3.84. The van der Waals surface area contributed by atoms with Crippen LogP contribution in [0.1, 0.15) is 10.4 Å². The van der Waals surface area contributed by atoms with Gasteiger partial charge in [0.05, 0.1) is 34.2 Å². The van der Waals surface area contributed by atoms with Gasteiger partial charge in [0.1, 0.15) is 0 Å². The number of benzene rings is 2. The summed E-state index contributed by atoms with van der Waals surface area (Å²) in [4.78, 5) is 28.8. The lowest BCUT2D eigenvalue weighted by atomic mass is 10.1. The van der Waals surface area contributed by atoms with Gasteiger partial charge in [0.25, 0.3) is 11.8 Å². The Balaban J connectivity index is 1.32. The minimum Gasteiger partial charge on any atom is -0.352 e. The monoisotopic (exact) mass is 392 g/mol. The number of thiazole rings is 1. The second kappa shape index (κ2) is 7.89. The van der Waals surface area contributed by atoms with Crippen LogP contribution in [-0.4, -0.2) is 33.5 Å². The zero-order valence-electron chi connectivity index (χ0n) is 14.6. The van der Waals surface area contributed by atoms with Crippen LogP contribution in [0.2, 0.25) is 0 Å². The Morgan fingerprint density at radius 3 is 2.61 bits per heavy atom. The number of nitrogens with zero attached hydrogens (tertiary/aromatic N) is 2. The van der Waals surface area contributed by atoms with E-state index in [1.165, 1.54) is 17.5 Å². The molecule has 0 unspecified atom stereocenters. The van der Waals surface area contributed by atoms with Crippen molar-refractivity contribution in [3.8, 4) is 11.3 Å². The summed E-state index contributed by atoms with van der Waals surface area (Å²) in [6.07, 6.45) is 1.42. The van der Waals surface area contributed by atoms with Crippen LogP contribution in [0.25, 0.3) is 21.5 Å². The molecule has 0 saturated carbocycles. The molecule has 8 nitrogen and oxygen atoms in total. The molecule has 28 heavy (non-hydrogen) atoms. The fourth-order valence-corrected chi connectivity index (χ4v) is 3.49. The molecule has 2 heterocycles. The summed E-state index contributed by atoms with van der Waals surface area (Å²) in [7, 11) is 0. The Hall–Kier alpha value is -3.72. The first kappa shape index (κ1) is 17.7. The number of fused-ring (bicyclic) bond motifs is 1. The summed E-state index contributed by atoms with van der Waals surface area (Å²) in [5.41, 5.74) is 7.41. The molecule has 0 aliphatic heterocycles. The molecule has 4 aromatic rings. The topological polar surface area (TPSA) is 112 Å². The fourth-order valence-electron chi connectivity index (χ4n) is 2.62. The first-order valence-corrected chi connectivity index (χ1v) is 9.30. The molecule has 0 bridgehead atoms. The summed E-state index contributed by atoms with van der Waals surface area (Å²) in [5, 5.41) is 10.3. The number of hydrazine groups is 1. The van der Waals surface area contributed by atoms with E-state index < -0.39 is 11.8 Å². The highest BCUT2D eigenvalue weighted by atomic mass is 32.1. The van der Waals surface area contributed by atoms with Crippen molar-refractivity contribution >= 4 is 38.5 Å². The first-order chi connectivity index (χ1) is 13.7. The molecule has 0 atom stereocenters. The summed E-state index contributed by atoms with van der Waals surface area (Å²) >= 11 is 1.46. The number of anilines is 1. The predicted molar refractivity (Wildman–Crippen MR) is 108 cm³/mol. The summed E-state index contributed by atoms with van der Waals surface area (Å²) in [6.45, 7) is -0.0168. The standard InChI is InChI=1S/C19H16N6O2S/c26-16(11-20-19-22-14-8-4-5-9-15(14)28-19)23-25-18(27)13-10-21-24-17(13)12-6-2-1-3-7-12/h1-10H,11H2,(H,20,22)(H,21,24)(H,23,26)(H,25,27). The van der Waals surface area contributed by atoms with E-state index in [1.54, 1.807) is 0 Å². The van der Waals surface area contributed by atoms with E-state index in [4.69, 9.17) is 0 Å². The van der Waals surface area contributed by atoms with Crippen LogP contribution in [-0.2, 0) is 4.79 Å². The molecular weight excluding hydrogens is 376 g/mol. The molecule has 0 aliphatic carbocycles. The van der Waals surface area contributed by atoms with Gasteiger partial charge in [-0.3, -0.25) is 25.5 Å². The van der Waals surface area contributed by atoms with E-state index in [2.05, 4.69) is 31.3 Å². The van der Waals surface area contributed by atoms with Gasteiger partial charge in [-0.05, 0) is 12.1 Å². The Kier molecular flexibility index (Phi) is 4.98. The number of H-pyrrole nitrogens is 1. The Morgan fingerprint density at radius 1 is 1.00 bits per heavy atom. The average molecular weight is 392 g/mol. The first-order valence-electron chi connectivity index (χ1n) is 8.48. The molecule has 4 rings (SSSR count). The highest BCUT2D eigenvalue weighted by Crippen LogP contribution is 2.25. The van der Waals surface area contributed by atoms with Crippen molar-refractivity contribution in [1.29, 1.82) is 0 Å². The number of amides is 2. The third-order valence-corrected chi connectivity index (χ3v) is 4.95. The van der Waals surface area contributed by atoms with Crippen LogP contribution in [0.3, 0.4) is 0 Å². The smallest absolute Gasteiger partial charge is 0.273 e. The Bertz CT molecular complexity index is 1090. The number of hydrogen-bond donors (Lipinski definition) is 4. The lowest BCUT2D eigenvalue weighted by Gasteiger charge is -2.08. The van der Waals surface area contributed by atoms with Crippen LogP contribution >= 0.6 is 11.3 Å². The van der Waals surface area contributed by atoms with Gasteiger partial charge in [-0.1, -0.05) is 53.8 Å². The highest BCUT2D eigenvalue weighted by molar-refractivity contribution is 7.22. The molecule has 0 saturated heterocycles. The van der Waals surface area contributed by atoms with Gasteiger partial charge >= 0.3 is 0 Å². The van der Waals surface area contributed by atoms with E-state index in [0.29, 0.717) is 16.4 Å². The maximum atomic E-state index is 12.4. The Morgan fingerprint density at radius 2 is 1.79 bits per heavy atom. The largest absolute Gasteiger partial charge is 0.352 e. The number of carbonyl (C=O) groups excluding carboxylic acids is 2. The molecule has 2 aromatic heterocycles. The van der Waals surface area contributed by atoms with E-state index in [0.717, 1.165) is 15.8 Å².